The molecule has 0 radical (unpaired) electrons. The maximum Gasteiger partial charge on any atom is 0.246 e. The zero-order valence-electron chi connectivity index (χ0n) is 21.5. The van der Waals surface area contributed by atoms with Crippen molar-refractivity contribution < 1.29 is 19.1 Å². The number of allylic oxidation sites excluding steroid dienone is 2. The molecule has 1 unspecified atom stereocenters. The van der Waals surface area contributed by atoms with Crippen LogP contribution in [0.1, 0.15) is 56.9 Å². The Morgan fingerprint density at radius 1 is 1.03 bits per heavy atom. The fourth-order valence-electron chi connectivity index (χ4n) is 6.84. The summed E-state index contributed by atoms with van der Waals surface area (Å²) in [4.78, 5) is 33.3. The molecule has 2 heterocycles. The van der Waals surface area contributed by atoms with Crippen molar-refractivity contribution in [2.24, 2.45) is 5.41 Å². The molecule has 6 nitrogen and oxygen atoms in total. The second-order valence-electron chi connectivity index (χ2n) is 11.3. The molecule has 2 amide bonds. The summed E-state index contributed by atoms with van der Waals surface area (Å²) in [5.74, 6) is 0.0347. The van der Waals surface area contributed by atoms with E-state index in [1.807, 2.05) is 18.2 Å². The molecule has 1 N–H and O–H groups in total. The second kappa shape index (κ2) is 9.75. The number of likely N-dealkylation sites (tertiary alicyclic amines) is 2. The third-order valence-corrected chi connectivity index (χ3v) is 9.06. The van der Waals surface area contributed by atoms with Gasteiger partial charge in [-0.2, -0.15) is 0 Å². The minimum atomic E-state index is -0.815. The van der Waals surface area contributed by atoms with Gasteiger partial charge >= 0.3 is 0 Å². The number of halogens is 1. The van der Waals surface area contributed by atoms with Crippen LogP contribution in [0.3, 0.4) is 0 Å². The number of hydrogen-bond donors (Lipinski definition) is 1. The Kier molecular flexibility index (Phi) is 6.81. The lowest BCUT2D eigenvalue weighted by molar-refractivity contribution is -0.145. The average Bonchev–Trinajstić information content (AvgIpc) is 3.20. The van der Waals surface area contributed by atoms with Gasteiger partial charge in [-0.25, -0.2) is 4.39 Å². The molecule has 0 aromatic heterocycles. The maximum atomic E-state index is 13.7. The van der Waals surface area contributed by atoms with Crippen molar-refractivity contribution in [1.29, 1.82) is 0 Å². The van der Waals surface area contributed by atoms with Gasteiger partial charge in [-0.15, -0.1) is 0 Å². The van der Waals surface area contributed by atoms with Crippen LogP contribution < -0.4 is 0 Å². The Hall–Kier alpha value is -2.51. The van der Waals surface area contributed by atoms with Crippen LogP contribution in [0.25, 0.3) is 5.57 Å². The summed E-state index contributed by atoms with van der Waals surface area (Å²) in [6.07, 6.45) is 12.0. The lowest BCUT2D eigenvalue weighted by atomic mass is 9.74. The quantitative estimate of drug-likeness (QED) is 0.693. The SMILES string of the molecule is CN(C)C(=O)C1(N2CCC3(CCN(C4CCC(O)CC4)C3=O)CC2)C=CC=C(c2ccc(F)cc2)C1. The summed E-state index contributed by atoms with van der Waals surface area (Å²) >= 11 is 0. The number of hydrogen-bond acceptors (Lipinski definition) is 4. The summed E-state index contributed by atoms with van der Waals surface area (Å²) in [7, 11) is 3.58. The van der Waals surface area contributed by atoms with Gasteiger partial charge in [0, 0.05) is 46.2 Å². The molecule has 2 saturated heterocycles. The van der Waals surface area contributed by atoms with Gasteiger partial charge in [0.1, 0.15) is 11.4 Å². The monoisotopic (exact) mass is 495 g/mol. The highest BCUT2D eigenvalue weighted by atomic mass is 19.1. The number of carbonyl (C=O) groups excluding carboxylic acids is 2. The van der Waals surface area contributed by atoms with Gasteiger partial charge in [0.05, 0.1) is 11.5 Å². The van der Waals surface area contributed by atoms with Gasteiger partial charge in [-0.3, -0.25) is 14.5 Å². The molecule has 1 saturated carbocycles. The van der Waals surface area contributed by atoms with E-state index >= 15 is 0 Å². The van der Waals surface area contributed by atoms with Gasteiger partial charge in [0.2, 0.25) is 11.8 Å². The molecule has 36 heavy (non-hydrogen) atoms. The topological polar surface area (TPSA) is 64.1 Å². The van der Waals surface area contributed by atoms with Gasteiger partial charge in [-0.05, 0) is 68.2 Å². The first kappa shape index (κ1) is 25.2. The smallest absolute Gasteiger partial charge is 0.246 e. The van der Waals surface area contributed by atoms with Gasteiger partial charge in [-0.1, -0.05) is 30.4 Å². The normalized spacial score (nSPS) is 30.5. The highest BCUT2D eigenvalue weighted by Crippen LogP contribution is 2.46. The van der Waals surface area contributed by atoms with Crippen LogP contribution in [0.5, 0.6) is 0 Å². The molecule has 7 heteroatoms. The fraction of sp³-hybridized carbons (Fsp3) is 0.586. The molecular weight excluding hydrogens is 457 g/mol. The molecule has 4 aliphatic rings. The van der Waals surface area contributed by atoms with E-state index in [9.17, 15) is 19.1 Å². The molecule has 2 aliphatic carbocycles. The predicted molar refractivity (Wildman–Crippen MR) is 137 cm³/mol. The van der Waals surface area contributed by atoms with E-state index in [-0.39, 0.29) is 35.2 Å². The summed E-state index contributed by atoms with van der Waals surface area (Å²) in [6.45, 7) is 2.17. The number of amides is 2. The van der Waals surface area contributed by atoms with Crippen LogP contribution in [0.2, 0.25) is 0 Å². The van der Waals surface area contributed by atoms with Crippen LogP contribution in [0.4, 0.5) is 4.39 Å². The molecule has 3 fully saturated rings. The maximum absolute atomic E-state index is 13.7. The van der Waals surface area contributed by atoms with Gasteiger partial charge in [0.15, 0.2) is 0 Å². The minimum Gasteiger partial charge on any atom is -0.393 e. The van der Waals surface area contributed by atoms with Crippen LogP contribution >= 0.6 is 0 Å². The van der Waals surface area contributed by atoms with Crippen molar-refractivity contribution in [1.82, 2.24) is 14.7 Å². The summed E-state index contributed by atoms with van der Waals surface area (Å²) < 4.78 is 13.5. The Labute approximate surface area is 213 Å². The van der Waals surface area contributed by atoms with E-state index in [0.717, 1.165) is 62.6 Å². The Balaban J connectivity index is 1.33. The molecular formula is C29H38FN3O3. The van der Waals surface area contributed by atoms with Crippen molar-refractivity contribution >= 4 is 17.4 Å². The van der Waals surface area contributed by atoms with Crippen molar-refractivity contribution in [3.63, 3.8) is 0 Å². The van der Waals surface area contributed by atoms with E-state index < -0.39 is 5.54 Å². The van der Waals surface area contributed by atoms with E-state index in [1.54, 1.807) is 31.1 Å². The van der Waals surface area contributed by atoms with Crippen molar-refractivity contribution in [2.75, 3.05) is 33.7 Å². The number of likely N-dealkylation sites (N-methyl/N-ethyl adjacent to an activating group) is 1. The highest BCUT2D eigenvalue weighted by molar-refractivity contribution is 5.92. The second-order valence-corrected chi connectivity index (χ2v) is 11.3. The lowest BCUT2D eigenvalue weighted by Crippen LogP contribution is -2.61. The van der Waals surface area contributed by atoms with Crippen molar-refractivity contribution in [2.45, 2.75) is 69.1 Å². The molecule has 2 aliphatic heterocycles. The number of benzene rings is 1. The lowest BCUT2D eigenvalue weighted by Gasteiger charge is -2.48. The number of carbonyl (C=O) groups is 2. The number of piperidine rings is 1. The summed E-state index contributed by atoms with van der Waals surface area (Å²) in [6, 6.07) is 6.71. The molecule has 1 atom stereocenters. The number of nitrogens with zero attached hydrogens (tertiary/aromatic N) is 3. The zero-order valence-corrected chi connectivity index (χ0v) is 21.5. The first-order valence-electron chi connectivity index (χ1n) is 13.3. The Morgan fingerprint density at radius 2 is 1.67 bits per heavy atom. The van der Waals surface area contributed by atoms with E-state index in [1.165, 1.54) is 12.1 Å². The third-order valence-electron chi connectivity index (χ3n) is 9.06. The Morgan fingerprint density at radius 3 is 2.31 bits per heavy atom. The number of aliphatic hydroxyl groups excluding tert-OH is 1. The first-order chi connectivity index (χ1) is 17.2. The van der Waals surface area contributed by atoms with Crippen LogP contribution in [-0.2, 0) is 9.59 Å². The first-order valence-corrected chi connectivity index (χ1v) is 13.3. The van der Waals surface area contributed by atoms with Crippen LogP contribution in [-0.4, -0.2) is 83.0 Å². The largest absolute Gasteiger partial charge is 0.393 e. The standard InChI is InChI=1S/C29H38FN3O3/c1-31(2)27(36)29(13-3-4-22(20-29)21-5-7-23(30)8-6-21)32-17-14-28(15-18-32)16-19-33(26(28)35)24-9-11-25(34)12-10-24/h3-8,13,24-25,34H,9-12,14-20H2,1-2H3. The predicted octanol–water partition coefficient (Wildman–Crippen LogP) is 3.61. The Bertz CT molecular complexity index is 1050. The molecule has 5 rings (SSSR count). The molecule has 0 bridgehead atoms. The van der Waals surface area contributed by atoms with Gasteiger partial charge in [0.25, 0.3) is 0 Å². The third kappa shape index (κ3) is 4.41. The number of rotatable bonds is 4. The number of aliphatic hydroxyl groups is 1. The van der Waals surface area contributed by atoms with E-state index in [4.69, 9.17) is 0 Å². The molecule has 1 aromatic carbocycles. The van der Waals surface area contributed by atoms with Crippen molar-refractivity contribution in [3.8, 4) is 0 Å². The average molecular weight is 496 g/mol. The van der Waals surface area contributed by atoms with Gasteiger partial charge < -0.3 is 14.9 Å². The van der Waals surface area contributed by atoms with Crippen molar-refractivity contribution in [3.05, 3.63) is 53.9 Å². The van der Waals surface area contributed by atoms with Crippen LogP contribution in [0.15, 0.2) is 42.5 Å². The summed E-state index contributed by atoms with van der Waals surface area (Å²) in [5.41, 5.74) is 0.785. The summed E-state index contributed by atoms with van der Waals surface area (Å²) in [5, 5.41) is 9.88. The molecule has 1 spiro atoms. The van der Waals surface area contributed by atoms with E-state index in [2.05, 4.69) is 9.80 Å². The van der Waals surface area contributed by atoms with Crippen LogP contribution in [0, 0.1) is 11.2 Å². The minimum absolute atomic E-state index is 0.0301. The fourth-order valence-corrected chi connectivity index (χ4v) is 6.84. The highest BCUT2D eigenvalue weighted by Gasteiger charge is 2.53. The zero-order chi connectivity index (χ0) is 25.5. The molecule has 1 aromatic rings. The van der Waals surface area contributed by atoms with E-state index in [0.29, 0.717) is 19.5 Å². The molecule has 194 valence electrons.